The van der Waals surface area contributed by atoms with Gasteiger partial charge in [-0.15, -0.1) is 0 Å². The summed E-state index contributed by atoms with van der Waals surface area (Å²) in [6.45, 7) is 4.55. The van der Waals surface area contributed by atoms with E-state index in [2.05, 4.69) is 14.8 Å². The minimum Gasteiger partial charge on any atom is -0.368 e. The van der Waals surface area contributed by atoms with Crippen LogP contribution in [0, 0.1) is 0 Å². The molecule has 80 valence electrons. The van der Waals surface area contributed by atoms with Crippen LogP contribution in [0.25, 0.3) is 0 Å². The predicted octanol–water partition coefficient (Wildman–Crippen LogP) is 2.16. The molecule has 0 aliphatic carbocycles. The van der Waals surface area contributed by atoms with Crippen molar-refractivity contribution in [1.29, 1.82) is 0 Å². The van der Waals surface area contributed by atoms with E-state index in [4.69, 9.17) is 11.6 Å². The molecule has 15 heavy (non-hydrogen) atoms. The molecule has 0 atom stereocenters. The van der Waals surface area contributed by atoms with E-state index in [1.807, 2.05) is 6.07 Å². The first-order valence-electron chi connectivity index (χ1n) is 5.50. The molecule has 0 unspecified atom stereocenters. The number of aromatic nitrogens is 1. The Balaban J connectivity index is 1.95. The van der Waals surface area contributed by atoms with Crippen LogP contribution in [0.1, 0.15) is 12.8 Å². The summed E-state index contributed by atoms with van der Waals surface area (Å²) in [5.74, 6) is 1.12. The lowest BCUT2D eigenvalue weighted by atomic mass is 10.1. The topological polar surface area (TPSA) is 19.4 Å². The van der Waals surface area contributed by atoms with Gasteiger partial charge in [-0.1, -0.05) is 11.6 Å². The number of rotatable bonds is 2. The minimum absolute atomic E-state index is 0.737. The molecule has 1 aromatic heterocycles. The Hall–Kier alpha value is -0.960. The number of anilines is 2. The van der Waals surface area contributed by atoms with Crippen molar-refractivity contribution in [1.82, 2.24) is 4.98 Å². The summed E-state index contributed by atoms with van der Waals surface area (Å²) in [5, 5.41) is 0.737. The Morgan fingerprint density at radius 3 is 2.27 bits per heavy atom. The highest BCUT2D eigenvalue weighted by atomic mass is 35.5. The molecule has 2 fully saturated rings. The van der Waals surface area contributed by atoms with E-state index < -0.39 is 0 Å². The fraction of sp³-hybridized carbons (Fsp3) is 0.545. The Labute approximate surface area is 94.7 Å². The van der Waals surface area contributed by atoms with Gasteiger partial charge in [-0.3, -0.25) is 0 Å². The van der Waals surface area contributed by atoms with Gasteiger partial charge >= 0.3 is 0 Å². The first kappa shape index (κ1) is 9.28. The van der Waals surface area contributed by atoms with Crippen LogP contribution in [0.3, 0.4) is 0 Å². The zero-order valence-electron chi connectivity index (χ0n) is 8.62. The zero-order chi connectivity index (χ0) is 10.3. The lowest BCUT2D eigenvalue weighted by Gasteiger charge is -2.39. The summed E-state index contributed by atoms with van der Waals surface area (Å²) in [7, 11) is 0. The standard InChI is InChI=1S/C11H14ClN3/c12-9-7-10(14-3-1-4-14)11(13-8-9)15-5-2-6-15/h7-8H,1-6H2. The Kier molecular flexibility index (Phi) is 2.20. The van der Waals surface area contributed by atoms with Crippen molar-refractivity contribution in [3.8, 4) is 0 Å². The van der Waals surface area contributed by atoms with Crippen LogP contribution in [0.15, 0.2) is 12.3 Å². The summed E-state index contributed by atoms with van der Waals surface area (Å²) in [6, 6.07) is 2.04. The van der Waals surface area contributed by atoms with Crippen molar-refractivity contribution < 1.29 is 0 Å². The van der Waals surface area contributed by atoms with Crippen LogP contribution in [0.4, 0.5) is 11.5 Å². The van der Waals surface area contributed by atoms with E-state index >= 15 is 0 Å². The lowest BCUT2D eigenvalue weighted by Crippen LogP contribution is -2.42. The van der Waals surface area contributed by atoms with Gasteiger partial charge in [0.15, 0.2) is 5.82 Å². The second-order valence-electron chi connectivity index (χ2n) is 4.18. The fourth-order valence-electron chi connectivity index (χ4n) is 1.98. The monoisotopic (exact) mass is 223 g/mol. The number of pyridine rings is 1. The van der Waals surface area contributed by atoms with E-state index in [1.54, 1.807) is 6.20 Å². The largest absolute Gasteiger partial charge is 0.368 e. The average Bonchev–Trinajstić information content (AvgIpc) is 2.03. The third-order valence-corrected chi connectivity index (χ3v) is 3.37. The third-order valence-electron chi connectivity index (χ3n) is 3.17. The highest BCUT2D eigenvalue weighted by molar-refractivity contribution is 6.30. The van der Waals surface area contributed by atoms with Gasteiger partial charge in [0, 0.05) is 32.4 Å². The molecule has 3 heterocycles. The Morgan fingerprint density at radius 2 is 1.73 bits per heavy atom. The van der Waals surface area contributed by atoms with Crippen molar-refractivity contribution >= 4 is 23.1 Å². The molecule has 0 N–H and O–H groups in total. The maximum atomic E-state index is 6.00. The van der Waals surface area contributed by atoms with Crippen LogP contribution >= 0.6 is 11.6 Å². The maximum absolute atomic E-state index is 6.00. The van der Waals surface area contributed by atoms with Gasteiger partial charge in [0.1, 0.15) is 0 Å². The van der Waals surface area contributed by atoms with Crippen LogP contribution in [0.2, 0.25) is 5.02 Å². The molecule has 2 aliphatic rings. The third kappa shape index (κ3) is 1.55. The van der Waals surface area contributed by atoms with Gasteiger partial charge in [-0.05, 0) is 18.9 Å². The molecule has 2 aliphatic heterocycles. The first-order valence-corrected chi connectivity index (χ1v) is 5.88. The molecule has 0 bridgehead atoms. The summed E-state index contributed by atoms with van der Waals surface area (Å²) < 4.78 is 0. The second-order valence-corrected chi connectivity index (χ2v) is 4.61. The molecule has 0 spiro atoms. The van der Waals surface area contributed by atoms with Crippen molar-refractivity contribution in [2.24, 2.45) is 0 Å². The van der Waals surface area contributed by atoms with Gasteiger partial charge in [0.25, 0.3) is 0 Å². The molecule has 0 radical (unpaired) electrons. The molecule has 2 saturated heterocycles. The predicted molar refractivity (Wildman–Crippen MR) is 62.9 cm³/mol. The molecule has 3 nitrogen and oxygen atoms in total. The maximum Gasteiger partial charge on any atom is 0.152 e. The van der Waals surface area contributed by atoms with E-state index in [-0.39, 0.29) is 0 Å². The minimum atomic E-state index is 0.737. The van der Waals surface area contributed by atoms with Gasteiger partial charge in [0.2, 0.25) is 0 Å². The first-order chi connectivity index (χ1) is 7.34. The van der Waals surface area contributed by atoms with E-state index in [0.717, 1.165) is 37.0 Å². The molecular formula is C11H14ClN3. The van der Waals surface area contributed by atoms with E-state index in [9.17, 15) is 0 Å². The Bertz CT molecular complexity index is 372. The lowest BCUT2D eigenvalue weighted by molar-refractivity contribution is 0.590. The number of hydrogen-bond acceptors (Lipinski definition) is 3. The van der Waals surface area contributed by atoms with Gasteiger partial charge in [0.05, 0.1) is 10.7 Å². The number of nitrogens with zero attached hydrogens (tertiary/aromatic N) is 3. The van der Waals surface area contributed by atoms with Crippen LogP contribution in [-0.2, 0) is 0 Å². The average molecular weight is 224 g/mol. The van der Waals surface area contributed by atoms with Crippen molar-refractivity contribution in [2.75, 3.05) is 36.0 Å². The molecule has 4 heteroatoms. The molecule has 0 saturated carbocycles. The van der Waals surface area contributed by atoms with Crippen molar-refractivity contribution in [3.05, 3.63) is 17.3 Å². The van der Waals surface area contributed by atoms with E-state index in [1.165, 1.54) is 18.5 Å². The normalized spacial score (nSPS) is 19.8. The second kappa shape index (κ2) is 3.56. The summed E-state index contributed by atoms with van der Waals surface area (Å²) in [4.78, 5) is 9.13. The van der Waals surface area contributed by atoms with Gasteiger partial charge in [-0.2, -0.15) is 0 Å². The van der Waals surface area contributed by atoms with Crippen molar-refractivity contribution in [3.63, 3.8) is 0 Å². The number of halogens is 1. The fourth-order valence-corrected chi connectivity index (χ4v) is 2.14. The van der Waals surface area contributed by atoms with E-state index in [0.29, 0.717) is 0 Å². The zero-order valence-corrected chi connectivity index (χ0v) is 9.37. The molecule has 0 aromatic carbocycles. The quantitative estimate of drug-likeness (QED) is 0.766. The van der Waals surface area contributed by atoms with Gasteiger partial charge < -0.3 is 9.80 Å². The molecule has 0 amide bonds. The Morgan fingerprint density at radius 1 is 1.07 bits per heavy atom. The van der Waals surface area contributed by atoms with Gasteiger partial charge in [-0.25, -0.2) is 4.98 Å². The van der Waals surface area contributed by atoms with Crippen molar-refractivity contribution in [2.45, 2.75) is 12.8 Å². The van der Waals surface area contributed by atoms with Crippen LogP contribution in [0.5, 0.6) is 0 Å². The molecular weight excluding hydrogens is 210 g/mol. The highest BCUT2D eigenvalue weighted by Crippen LogP contribution is 2.34. The smallest absolute Gasteiger partial charge is 0.152 e. The summed E-state index contributed by atoms with van der Waals surface area (Å²) >= 11 is 6.00. The van der Waals surface area contributed by atoms with Crippen LogP contribution in [-0.4, -0.2) is 31.2 Å². The number of hydrogen-bond donors (Lipinski definition) is 0. The molecule has 1 aromatic rings. The molecule has 3 rings (SSSR count). The van der Waals surface area contributed by atoms with Crippen LogP contribution < -0.4 is 9.80 Å². The summed E-state index contributed by atoms with van der Waals surface area (Å²) in [5.41, 5.74) is 1.22. The highest BCUT2D eigenvalue weighted by Gasteiger charge is 2.24. The summed E-state index contributed by atoms with van der Waals surface area (Å²) in [6.07, 6.45) is 4.31. The SMILES string of the molecule is Clc1cnc(N2CCC2)c(N2CCC2)c1.